The molecule has 1 aromatic rings. The fourth-order valence-corrected chi connectivity index (χ4v) is 2.39. The second-order valence-electron chi connectivity index (χ2n) is 4.64. The summed E-state index contributed by atoms with van der Waals surface area (Å²) in [5, 5.41) is 9.61. The summed E-state index contributed by atoms with van der Waals surface area (Å²) in [6.07, 6.45) is 6.32. The molecule has 0 radical (unpaired) electrons. The molecule has 2 heteroatoms. The zero-order valence-electron chi connectivity index (χ0n) is 9.86. The molecular formula is C14H20O2. The average molecular weight is 220 g/mol. The third-order valence-corrected chi connectivity index (χ3v) is 3.53. The molecule has 2 nitrogen and oxygen atoms in total. The first-order chi connectivity index (χ1) is 7.79. The van der Waals surface area contributed by atoms with Gasteiger partial charge in [0.05, 0.1) is 6.10 Å². The van der Waals surface area contributed by atoms with Gasteiger partial charge in [-0.1, -0.05) is 25.5 Å². The van der Waals surface area contributed by atoms with Gasteiger partial charge in [0.2, 0.25) is 0 Å². The molecule has 1 aliphatic carbocycles. The molecule has 0 saturated heterocycles. The molecular weight excluding hydrogens is 200 g/mol. The molecule has 0 bridgehead atoms. The summed E-state index contributed by atoms with van der Waals surface area (Å²) < 4.78 is 5.83. The van der Waals surface area contributed by atoms with Crippen LogP contribution in [0.4, 0.5) is 0 Å². The molecule has 0 aliphatic heterocycles. The van der Waals surface area contributed by atoms with Gasteiger partial charge in [0.25, 0.3) is 0 Å². The molecule has 0 spiro atoms. The Balaban J connectivity index is 1.89. The van der Waals surface area contributed by atoms with Crippen LogP contribution in [0.25, 0.3) is 0 Å². The monoisotopic (exact) mass is 220 g/mol. The van der Waals surface area contributed by atoms with E-state index in [9.17, 15) is 5.11 Å². The quantitative estimate of drug-likeness (QED) is 0.840. The number of rotatable bonds is 3. The summed E-state index contributed by atoms with van der Waals surface area (Å²) in [4.78, 5) is 0. The van der Waals surface area contributed by atoms with E-state index in [1.54, 1.807) is 6.07 Å². The minimum Gasteiger partial charge on any atom is -0.504 e. The predicted molar refractivity (Wildman–Crippen MR) is 64.8 cm³/mol. The summed E-state index contributed by atoms with van der Waals surface area (Å²) in [7, 11) is 0. The van der Waals surface area contributed by atoms with Crippen molar-refractivity contribution in [3.63, 3.8) is 0 Å². The second kappa shape index (κ2) is 5.24. The van der Waals surface area contributed by atoms with Crippen LogP contribution in [-0.2, 0) is 0 Å². The predicted octanol–water partition coefficient (Wildman–Crippen LogP) is 3.74. The lowest BCUT2D eigenvalue weighted by Gasteiger charge is -2.28. The van der Waals surface area contributed by atoms with Crippen LogP contribution in [0.15, 0.2) is 24.3 Å². The lowest BCUT2D eigenvalue weighted by Crippen LogP contribution is -2.23. The molecule has 0 atom stereocenters. The van der Waals surface area contributed by atoms with Crippen LogP contribution in [0.1, 0.15) is 39.0 Å². The lowest BCUT2D eigenvalue weighted by molar-refractivity contribution is 0.126. The Morgan fingerprint density at radius 2 is 1.88 bits per heavy atom. The van der Waals surface area contributed by atoms with Crippen LogP contribution < -0.4 is 4.74 Å². The Kier molecular flexibility index (Phi) is 3.70. The SMILES string of the molecule is CCC1CCC(Oc2ccccc2O)CC1. The maximum absolute atomic E-state index is 9.61. The topological polar surface area (TPSA) is 29.5 Å². The number of aromatic hydroxyl groups is 1. The van der Waals surface area contributed by atoms with Gasteiger partial charge in [0.15, 0.2) is 11.5 Å². The van der Waals surface area contributed by atoms with Crippen molar-refractivity contribution >= 4 is 0 Å². The van der Waals surface area contributed by atoms with Crippen molar-refractivity contribution in [2.75, 3.05) is 0 Å². The van der Waals surface area contributed by atoms with Crippen molar-refractivity contribution in [2.24, 2.45) is 5.92 Å². The fraction of sp³-hybridized carbons (Fsp3) is 0.571. The Bertz CT molecular complexity index is 327. The smallest absolute Gasteiger partial charge is 0.161 e. The highest BCUT2D eigenvalue weighted by Crippen LogP contribution is 2.32. The lowest BCUT2D eigenvalue weighted by atomic mass is 9.86. The third-order valence-electron chi connectivity index (χ3n) is 3.53. The fourth-order valence-electron chi connectivity index (χ4n) is 2.39. The molecule has 2 rings (SSSR count). The Labute approximate surface area is 97.3 Å². The molecule has 1 aromatic carbocycles. The minimum absolute atomic E-state index is 0.250. The number of hydrogen-bond donors (Lipinski definition) is 1. The zero-order chi connectivity index (χ0) is 11.4. The van der Waals surface area contributed by atoms with Crippen molar-refractivity contribution in [2.45, 2.75) is 45.1 Å². The van der Waals surface area contributed by atoms with Crippen LogP contribution in [0.2, 0.25) is 0 Å². The van der Waals surface area contributed by atoms with Gasteiger partial charge >= 0.3 is 0 Å². The van der Waals surface area contributed by atoms with Gasteiger partial charge in [-0.2, -0.15) is 0 Å². The van der Waals surface area contributed by atoms with E-state index >= 15 is 0 Å². The van der Waals surface area contributed by atoms with Crippen molar-refractivity contribution < 1.29 is 9.84 Å². The molecule has 1 fully saturated rings. The van der Waals surface area contributed by atoms with Crippen molar-refractivity contribution in [3.05, 3.63) is 24.3 Å². The molecule has 0 heterocycles. The Hall–Kier alpha value is -1.18. The summed E-state index contributed by atoms with van der Waals surface area (Å²) in [5.74, 6) is 1.76. The first-order valence-electron chi connectivity index (χ1n) is 6.24. The molecule has 1 aliphatic rings. The van der Waals surface area contributed by atoms with Gasteiger partial charge in [-0.05, 0) is 43.7 Å². The first kappa shape index (κ1) is 11.3. The maximum atomic E-state index is 9.61. The highest BCUT2D eigenvalue weighted by molar-refractivity contribution is 5.38. The van der Waals surface area contributed by atoms with Gasteiger partial charge in [-0.25, -0.2) is 0 Å². The van der Waals surface area contributed by atoms with Gasteiger partial charge in [-0.3, -0.25) is 0 Å². The molecule has 0 unspecified atom stereocenters. The van der Waals surface area contributed by atoms with Gasteiger partial charge in [-0.15, -0.1) is 0 Å². The van der Waals surface area contributed by atoms with Crippen LogP contribution >= 0.6 is 0 Å². The van der Waals surface area contributed by atoms with Gasteiger partial charge < -0.3 is 9.84 Å². The number of phenols is 1. The summed E-state index contributed by atoms with van der Waals surface area (Å²) in [6, 6.07) is 7.22. The van der Waals surface area contributed by atoms with Crippen LogP contribution in [0, 0.1) is 5.92 Å². The Morgan fingerprint density at radius 1 is 1.19 bits per heavy atom. The van der Waals surface area contributed by atoms with E-state index in [0.717, 1.165) is 18.8 Å². The normalized spacial score (nSPS) is 25.3. The van der Waals surface area contributed by atoms with Crippen LogP contribution in [0.5, 0.6) is 11.5 Å². The highest BCUT2D eigenvalue weighted by atomic mass is 16.5. The molecule has 88 valence electrons. The van der Waals surface area contributed by atoms with Crippen molar-refractivity contribution in [3.8, 4) is 11.5 Å². The molecule has 0 aromatic heterocycles. The van der Waals surface area contributed by atoms with E-state index < -0.39 is 0 Å². The summed E-state index contributed by atoms with van der Waals surface area (Å²) in [5.41, 5.74) is 0. The number of hydrogen-bond acceptors (Lipinski definition) is 2. The number of para-hydroxylation sites is 2. The standard InChI is InChI=1S/C14H20O2/c1-2-11-7-9-12(10-8-11)16-14-6-4-3-5-13(14)15/h3-6,11-12,15H,2,7-10H2,1H3. The van der Waals surface area contributed by atoms with Crippen LogP contribution in [0.3, 0.4) is 0 Å². The third kappa shape index (κ3) is 2.69. The molecule has 16 heavy (non-hydrogen) atoms. The van der Waals surface area contributed by atoms with E-state index in [2.05, 4.69) is 6.92 Å². The van der Waals surface area contributed by atoms with Crippen molar-refractivity contribution in [1.82, 2.24) is 0 Å². The number of ether oxygens (including phenoxy) is 1. The second-order valence-corrected chi connectivity index (χ2v) is 4.64. The summed E-state index contributed by atoms with van der Waals surface area (Å²) in [6.45, 7) is 2.26. The number of phenolic OH excluding ortho intramolecular Hbond substituents is 1. The van der Waals surface area contributed by atoms with Gasteiger partial charge in [0.1, 0.15) is 0 Å². The van der Waals surface area contributed by atoms with E-state index in [1.807, 2.05) is 18.2 Å². The molecule has 1 saturated carbocycles. The van der Waals surface area contributed by atoms with Gasteiger partial charge in [0, 0.05) is 0 Å². The van der Waals surface area contributed by atoms with E-state index in [4.69, 9.17) is 4.74 Å². The summed E-state index contributed by atoms with van der Waals surface area (Å²) >= 11 is 0. The Morgan fingerprint density at radius 3 is 2.50 bits per heavy atom. The average Bonchev–Trinajstić information content (AvgIpc) is 2.33. The minimum atomic E-state index is 0.250. The van der Waals surface area contributed by atoms with Crippen molar-refractivity contribution in [1.29, 1.82) is 0 Å². The number of benzene rings is 1. The molecule has 1 N–H and O–H groups in total. The van der Waals surface area contributed by atoms with Crippen LogP contribution in [-0.4, -0.2) is 11.2 Å². The van der Waals surface area contributed by atoms with E-state index in [0.29, 0.717) is 5.75 Å². The molecule has 0 amide bonds. The largest absolute Gasteiger partial charge is 0.504 e. The zero-order valence-corrected chi connectivity index (χ0v) is 9.86. The maximum Gasteiger partial charge on any atom is 0.161 e. The van der Waals surface area contributed by atoms with E-state index in [-0.39, 0.29) is 11.9 Å². The highest BCUT2D eigenvalue weighted by Gasteiger charge is 2.21. The first-order valence-corrected chi connectivity index (χ1v) is 6.24. The van der Waals surface area contributed by atoms with E-state index in [1.165, 1.54) is 19.3 Å².